The summed E-state index contributed by atoms with van der Waals surface area (Å²) in [5.41, 5.74) is 5.86. The van der Waals surface area contributed by atoms with Crippen LogP contribution < -0.4 is 5.73 Å². The first-order valence-electron chi connectivity index (χ1n) is 6.61. The van der Waals surface area contributed by atoms with Crippen LogP contribution in [0.4, 0.5) is 0 Å². The molecule has 0 amide bonds. The molecular weight excluding hydrogens is 238 g/mol. The molecule has 0 aliphatic rings. The molecule has 0 saturated carbocycles. The maximum Gasteiger partial charge on any atom is 0.139 e. The van der Waals surface area contributed by atoms with Crippen molar-refractivity contribution in [3.8, 4) is 11.4 Å². The van der Waals surface area contributed by atoms with Crippen molar-refractivity contribution >= 4 is 0 Å². The Labute approximate surface area is 113 Å². The van der Waals surface area contributed by atoms with E-state index in [0.29, 0.717) is 13.0 Å². The highest BCUT2D eigenvalue weighted by atomic mass is 16.3. The first-order valence-corrected chi connectivity index (χ1v) is 6.61. The fraction of sp³-hybridized carbons (Fsp3) is 0.400. The summed E-state index contributed by atoms with van der Waals surface area (Å²) >= 11 is 0. The first-order chi connectivity index (χ1) is 9.12. The zero-order valence-electron chi connectivity index (χ0n) is 11.3. The van der Waals surface area contributed by atoms with Gasteiger partial charge in [0.2, 0.25) is 0 Å². The lowest BCUT2D eigenvalue weighted by molar-refractivity contribution is 0.0567. The topological polar surface area (TPSA) is 64.1 Å². The van der Waals surface area contributed by atoms with Crippen LogP contribution >= 0.6 is 0 Å². The van der Waals surface area contributed by atoms with E-state index in [0.717, 1.165) is 24.4 Å². The normalized spacial score (nSPS) is 14.3. The monoisotopic (exact) mass is 259 g/mol. The molecule has 0 bridgehead atoms. The number of hydrogen-bond donors (Lipinski definition) is 2. The molecule has 1 atom stereocenters. The summed E-state index contributed by atoms with van der Waals surface area (Å²) in [6.45, 7) is 2.90. The molecular formula is C15H21N3O. The van der Waals surface area contributed by atoms with Gasteiger partial charge in [-0.3, -0.25) is 0 Å². The molecule has 19 heavy (non-hydrogen) atoms. The van der Waals surface area contributed by atoms with Gasteiger partial charge in [0.05, 0.1) is 5.60 Å². The Bertz CT molecular complexity index is 505. The van der Waals surface area contributed by atoms with Gasteiger partial charge in [-0.2, -0.15) is 0 Å². The van der Waals surface area contributed by atoms with Crippen LogP contribution in [-0.2, 0) is 6.54 Å². The molecule has 0 aliphatic heterocycles. The quantitative estimate of drug-likeness (QED) is 0.834. The van der Waals surface area contributed by atoms with Gasteiger partial charge in [0.25, 0.3) is 0 Å². The van der Waals surface area contributed by atoms with Crippen LogP contribution in [0.3, 0.4) is 0 Å². The molecule has 2 aromatic rings. The van der Waals surface area contributed by atoms with E-state index >= 15 is 0 Å². The number of aromatic nitrogens is 2. The minimum absolute atomic E-state index is 0.294. The second-order valence-electron chi connectivity index (χ2n) is 5.11. The molecule has 4 nitrogen and oxygen atoms in total. The minimum Gasteiger partial charge on any atom is -0.389 e. The third-order valence-corrected chi connectivity index (χ3v) is 3.30. The molecule has 0 fully saturated rings. The van der Waals surface area contributed by atoms with Gasteiger partial charge >= 0.3 is 0 Å². The zero-order valence-corrected chi connectivity index (χ0v) is 11.3. The van der Waals surface area contributed by atoms with Crippen molar-refractivity contribution in [2.45, 2.75) is 31.9 Å². The summed E-state index contributed by atoms with van der Waals surface area (Å²) in [6.07, 6.45) is 5.35. The lowest BCUT2D eigenvalue weighted by Gasteiger charge is -2.21. The van der Waals surface area contributed by atoms with Gasteiger partial charge < -0.3 is 15.4 Å². The standard InChI is InChI=1S/C15H21N3O/c1-15(19,12-16)8-5-10-18-11-9-17-14(18)13-6-3-2-4-7-13/h2-4,6-7,9,11,19H,5,8,10,12,16H2,1H3. The lowest BCUT2D eigenvalue weighted by Crippen LogP contribution is -2.34. The van der Waals surface area contributed by atoms with E-state index in [9.17, 15) is 5.11 Å². The van der Waals surface area contributed by atoms with E-state index in [1.807, 2.05) is 30.6 Å². The number of benzene rings is 1. The molecule has 0 radical (unpaired) electrons. The summed E-state index contributed by atoms with van der Waals surface area (Å²) in [7, 11) is 0. The van der Waals surface area contributed by atoms with Crippen molar-refractivity contribution in [1.29, 1.82) is 0 Å². The SMILES string of the molecule is CC(O)(CN)CCCn1ccnc1-c1ccccc1. The highest BCUT2D eigenvalue weighted by Crippen LogP contribution is 2.18. The number of imidazole rings is 1. The van der Waals surface area contributed by atoms with Crippen LogP contribution in [0.15, 0.2) is 42.7 Å². The Kier molecular flexibility index (Phi) is 4.35. The number of rotatable bonds is 6. The summed E-state index contributed by atoms with van der Waals surface area (Å²) in [4.78, 5) is 4.40. The minimum atomic E-state index is -0.770. The zero-order chi connectivity index (χ0) is 13.7. The maximum absolute atomic E-state index is 9.89. The molecule has 0 spiro atoms. The molecule has 1 heterocycles. The van der Waals surface area contributed by atoms with Crippen LogP contribution in [0.1, 0.15) is 19.8 Å². The third kappa shape index (κ3) is 3.66. The fourth-order valence-electron chi connectivity index (χ4n) is 2.07. The largest absolute Gasteiger partial charge is 0.389 e. The van der Waals surface area contributed by atoms with Crippen molar-refractivity contribution in [2.24, 2.45) is 5.73 Å². The Hall–Kier alpha value is -1.65. The number of nitrogens with zero attached hydrogens (tertiary/aromatic N) is 2. The average Bonchev–Trinajstić information content (AvgIpc) is 2.88. The van der Waals surface area contributed by atoms with E-state index in [1.165, 1.54) is 0 Å². The van der Waals surface area contributed by atoms with Gasteiger partial charge in [0.15, 0.2) is 0 Å². The van der Waals surface area contributed by atoms with Gasteiger partial charge in [-0.25, -0.2) is 4.98 Å². The van der Waals surface area contributed by atoms with Crippen molar-refractivity contribution in [3.63, 3.8) is 0 Å². The molecule has 3 N–H and O–H groups in total. The lowest BCUT2D eigenvalue weighted by atomic mass is 10.0. The van der Waals surface area contributed by atoms with Crippen LogP contribution in [0, 0.1) is 0 Å². The van der Waals surface area contributed by atoms with Crippen molar-refractivity contribution in [2.75, 3.05) is 6.54 Å². The van der Waals surface area contributed by atoms with Gasteiger partial charge in [-0.15, -0.1) is 0 Å². The highest BCUT2D eigenvalue weighted by molar-refractivity contribution is 5.54. The van der Waals surface area contributed by atoms with Crippen molar-refractivity contribution < 1.29 is 5.11 Å². The molecule has 0 saturated heterocycles. The van der Waals surface area contributed by atoms with Crippen LogP contribution in [0.5, 0.6) is 0 Å². The molecule has 2 rings (SSSR count). The highest BCUT2D eigenvalue weighted by Gasteiger charge is 2.17. The average molecular weight is 259 g/mol. The molecule has 0 aliphatic carbocycles. The number of aryl methyl sites for hydroxylation is 1. The molecule has 1 aromatic carbocycles. The molecule has 1 unspecified atom stereocenters. The first kappa shape index (κ1) is 13.8. The second kappa shape index (κ2) is 5.99. The Morgan fingerprint density at radius 3 is 2.74 bits per heavy atom. The number of aliphatic hydroxyl groups is 1. The molecule has 102 valence electrons. The van der Waals surface area contributed by atoms with Crippen LogP contribution in [-0.4, -0.2) is 26.8 Å². The van der Waals surface area contributed by atoms with Crippen molar-refractivity contribution in [1.82, 2.24) is 9.55 Å². The van der Waals surface area contributed by atoms with E-state index < -0.39 is 5.60 Å². The van der Waals surface area contributed by atoms with Gasteiger partial charge in [-0.05, 0) is 19.8 Å². The smallest absolute Gasteiger partial charge is 0.139 e. The second-order valence-corrected chi connectivity index (χ2v) is 5.11. The van der Waals surface area contributed by atoms with Gasteiger partial charge in [-0.1, -0.05) is 30.3 Å². The Morgan fingerprint density at radius 2 is 2.05 bits per heavy atom. The summed E-state index contributed by atoms with van der Waals surface area (Å²) < 4.78 is 2.11. The predicted octanol–water partition coefficient (Wildman–Crippen LogP) is 2.04. The van der Waals surface area contributed by atoms with E-state index in [1.54, 1.807) is 6.92 Å². The Morgan fingerprint density at radius 1 is 1.32 bits per heavy atom. The van der Waals surface area contributed by atoms with Crippen LogP contribution in [0.2, 0.25) is 0 Å². The van der Waals surface area contributed by atoms with Crippen LogP contribution in [0.25, 0.3) is 11.4 Å². The summed E-state index contributed by atoms with van der Waals surface area (Å²) in [5.74, 6) is 0.966. The maximum atomic E-state index is 9.89. The fourth-order valence-corrected chi connectivity index (χ4v) is 2.07. The molecule has 1 aromatic heterocycles. The number of nitrogens with two attached hydrogens (primary N) is 1. The summed E-state index contributed by atoms with van der Waals surface area (Å²) in [6, 6.07) is 10.1. The van der Waals surface area contributed by atoms with Gasteiger partial charge in [0, 0.05) is 31.0 Å². The Balaban J connectivity index is 2.01. The van der Waals surface area contributed by atoms with E-state index in [2.05, 4.69) is 21.7 Å². The van der Waals surface area contributed by atoms with E-state index in [-0.39, 0.29) is 0 Å². The summed E-state index contributed by atoms with van der Waals surface area (Å²) in [5, 5.41) is 9.89. The van der Waals surface area contributed by atoms with Gasteiger partial charge in [0.1, 0.15) is 5.82 Å². The van der Waals surface area contributed by atoms with E-state index in [4.69, 9.17) is 5.73 Å². The number of hydrogen-bond acceptors (Lipinski definition) is 3. The third-order valence-electron chi connectivity index (χ3n) is 3.30. The van der Waals surface area contributed by atoms with Crippen molar-refractivity contribution in [3.05, 3.63) is 42.7 Å². The predicted molar refractivity (Wildman–Crippen MR) is 76.6 cm³/mol. The molecule has 4 heteroatoms.